The highest BCUT2D eigenvalue weighted by Crippen LogP contribution is 2.33. The molecular formula is C19H24FN3O2. The highest BCUT2D eigenvalue weighted by molar-refractivity contribution is 5.77. The number of hydrogen-bond donors (Lipinski definition) is 1. The SMILES string of the molecule is Cc1nn(C)c(C)c1CCC(=O)N1CC(O)CC1c1ccc(F)cc1. The van der Waals surface area contributed by atoms with Crippen LogP contribution in [0.3, 0.4) is 0 Å². The summed E-state index contributed by atoms with van der Waals surface area (Å²) in [5.74, 6) is -0.295. The van der Waals surface area contributed by atoms with Crippen LogP contribution >= 0.6 is 0 Å². The van der Waals surface area contributed by atoms with Crippen molar-refractivity contribution in [1.29, 1.82) is 0 Å². The van der Waals surface area contributed by atoms with E-state index in [2.05, 4.69) is 5.10 Å². The number of aliphatic hydroxyl groups excluding tert-OH is 1. The highest BCUT2D eigenvalue weighted by atomic mass is 19.1. The molecule has 0 bridgehead atoms. The Labute approximate surface area is 147 Å². The molecule has 0 spiro atoms. The summed E-state index contributed by atoms with van der Waals surface area (Å²) in [4.78, 5) is 14.5. The van der Waals surface area contributed by atoms with E-state index in [-0.39, 0.29) is 17.8 Å². The van der Waals surface area contributed by atoms with Gasteiger partial charge in [0.25, 0.3) is 0 Å². The summed E-state index contributed by atoms with van der Waals surface area (Å²) in [6.45, 7) is 4.28. The molecule has 0 aliphatic carbocycles. The van der Waals surface area contributed by atoms with Gasteiger partial charge in [0.1, 0.15) is 5.82 Å². The van der Waals surface area contributed by atoms with Crippen molar-refractivity contribution in [2.45, 2.75) is 45.3 Å². The maximum Gasteiger partial charge on any atom is 0.223 e. The predicted octanol–water partition coefficient (Wildman–Crippen LogP) is 2.44. The van der Waals surface area contributed by atoms with Crippen molar-refractivity contribution >= 4 is 5.91 Å². The van der Waals surface area contributed by atoms with Gasteiger partial charge in [0.15, 0.2) is 0 Å². The molecule has 5 nitrogen and oxygen atoms in total. The Morgan fingerprint density at radius 3 is 2.60 bits per heavy atom. The van der Waals surface area contributed by atoms with Gasteiger partial charge in [-0.2, -0.15) is 5.10 Å². The quantitative estimate of drug-likeness (QED) is 0.926. The molecule has 2 atom stereocenters. The number of rotatable bonds is 4. The first kappa shape index (κ1) is 17.6. The molecule has 6 heteroatoms. The monoisotopic (exact) mass is 345 g/mol. The molecule has 2 heterocycles. The molecular weight excluding hydrogens is 321 g/mol. The normalized spacial score (nSPS) is 20.3. The Bertz CT molecular complexity index is 770. The Kier molecular flexibility index (Phi) is 4.90. The minimum Gasteiger partial charge on any atom is -0.391 e. The molecule has 1 amide bonds. The van der Waals surface area contributed by atoms with E-state index < -0.39 is 6.10 Å². The fourth-order valence-electron chi connectivity index (χ4n) is 3.65. The molecule has 1 N–H and O–H groups in total. The second kappa shape index (κ2) is 6.96. The maximum atomic E-state index is 13.2. The molecule has 2 aromatic rings. The molecule has 1 aliphatic heterocycles. The third kappa shape index (κ3) is 3.58. The van der Waals surface area contributed by atoms with Crippen LogP contribution in [0.2, 0.25) is 0 Å². The molecule has 25 heavy (non-hydrogen) atoms. The van der Waals surface area contributed by atoms with Crippen LogP contribution in [0.5, 0.6) is 0 Å². The number of nitrogens with zero attached hydrogens (tertiary/aromatic N) is 3. The number of β-amino-alcohol motifs (C(OH)–C–C–N with tert-alkyl or cyclic N) is 1. The number of carbonyl (C=O) groups excluding carboxylic acids is 1. The van der Waals surface area contributed by atoms with E-state index in [4.69, 9.17) is 0 Å². The zero-order valence-electron chi connectivity index (χ0n) is 14.9. The van der Waals surface area contributed by atoms with Gasteiger partial charge in [0, 0.05) is 25.7 Å². The summed E-state index contributed by atoms with van der Waals surface area (Å²) >= 11 is 0. The van der Waals surface area contributed by atoms with E-state index >= 15 is 0 Å². The van der Waals surface area contributed by atoms with Gasteiger partial charge in [-0.15, -0.1) is 0 Å². The third-order valence-electron chi connectivity index (χ3n) is 5.10. The molecule has 1 aromatic heterocycles. The van der Waals surface area contributed by atoms with E-state index in [1.165, 1.54) is 12.1 Å². The first-order valence-corrected chi connectivity index (χ1v) is 8.59. The number of amides is 1. The van der Waals surface area contributed by atoms with Gasteiger partial charge in [0.05, 0.1) is 17.8 Å². The van der Waals surface area contributed by atoms with Crippen molar-refractivity contribution in [2.75, 3.05) is 6.54 Å². The number of aryl methyl sites for hydroxylation is 2. The van der Waals surface area contributed by atoms with Crippen molar-refractivity contribution in [3.63, 3.8) is 0 Å². The standard InChI is InChI=1S/C19H24FN3O2/c1-12-17(13(2)22(3)21-12)8-9-19(25)23-11-16(24)10-18(23)14-4-6-15(20)7-5-14/h4-7,16,18,24H,8-11H2,1-3H3. The fraction of sp³-hybridized carbons (Fsp3) is 0.474. The second-order valence-corrected chi connectivity index (χ2v) is 6.78. The zero-order chi connectivity index (χ0) is 18.1. The minimum absolute atomic E-state index is 0.00790. The van der Waals surface area contributed by atoms with E-state index in [0.29, 0.717) is 25.8 Å². The lowest BCUT2D eigenvalue weighted by molar-refractivity contribution is -0.132. The highest BCUT2D eigenvalue weighted by Gasteiger charge is 2.35. The Morgan fingerprint density at radius 1 is 1.32 bits per heavy atom. The first-order valence-electron chi connectivity index (χ1n) is 8.59. The minimum atomic E-state index is -0.541. The lowest BCUT2D eigenvalue weighted by Crippen LogP contribution is -2.32. The van der Waals surface area contributed by atoms with Crippen LogP contribution in [-0.4, -0.2) is 38.3 Å². The number of carbonyl (C=O) groups is 1. The van der Waals surface area contributed by atoms with E-state index in [1.807, 2.05) is 25.6 Å². The molecule has 0 radical (unpaired) electrons. The van der Waals surface area contributed by atoms with Gasteiger partial charge in [-0.25, -0.2) is 4.39 Å². The van der Waals surface area contributed by atoms with Gasteiger partial charge in [0.2, 0.25) is 5.91 Å². The lowest BCUT2D eigenvalue weighted by atomic mass is 10.0. The number of likely N-dealkylation sites (tertiary alicyclic amines) is 1. The van der Waals surface area contributed by atoms with Crippen LogP contribution in [0.15, 0.2) is 24.3 Å². The fourth-order valence-corrected chi connectivity index (χ4v) is 3.65. The van der Waals surface area contributed by atoms with Crippen LogP contribution in [0.1, 0.15) is 41.4 Å². The molecule has 1 fully saturated rings. The first-order chi connectivity index (χ1) is 11.9. The largest absolute Gasteiger partial charge is 0.391 e. The zero-order valence-corrected chi connectivity index (χ0v) is 14.9. The van der Waals surface area contributed by atoms with Gasteiger partial charge < -0.3 is 10.0 Å². The predicted molar refractivity (Wildman–Crippen MR) is 92.5 cm³/mol. The van der Waals surface area contributed by atoms with Crippen molar-refractivity contribution in [2.24, 2.45) is 7.05 Å². The molecule has 3 rings (SSSR count). The third-order valence-corrected chi connectivity index (χ3v) is 5.10. The summed E-state index contributed by atoms with van der Waals surface area (Å²) in [7, 11) is 1.90. The van der Waals surface area contributed by atoms with Crippen molar-refractivity contribution in [3.05, 3.63) is 52.6 Å². The summed E-state index contributed by atoms with van der Waals surface area (Å²) in [5.41, 5.74) is 3.99. The van der Waals surface area contributed by atoms with Gasteiger partial charge in [-0.1, -0.05) is 12.1 Å². The van der Waals surface area contributed by atoms with Crippen LogP contribution in [0.4, 0.5) is 4.39 Å². The van der Waals surface area contributed by atoms with Crippen molar-refractivity contribution in [1.82, 2.24) is 14.7 Å². The molecule has 2 unspecified atom stereocenters. The van der Waals surface area contributed by atoms with Crippen molar-refractivity contribution in [3.8, 4) is 0 Å². The Morgan fingerprint density at radius 2 is 2.00 bits per heavy atom. The number of halogens is 1. The van der Waals surface area contributed by atoms with E-state index in [0.717, 1.165) is 22.5 Å². The number of benzene rings is 1. The van der Waals surface area contributed by atoms with Gasteiger partial charge >= 0.3 is 0 Å². The van der Waals surface area contributed by atoms with Gasteiger partial charge in [-0.05, 0) is 49.9 Å². The summed E-state index contributed by atoms with van der Waals surface area (Å²) in [5, 5.41) is 14.4. The average molecular weight is 345 g/mol. The van der Waals surface area contributed by atoms with Crippen molar-refractivity contribution < 1.29 is 14.3 Å². The van der Waals surface area contributed by atoms with Crippen LogP contribution in [0, 0.1) is 19.7 Å². The van der Waals surface area contributed by atoms with E-state index in [9.17, 15) is 14.3 Å². The average Bonchev–Trinajstić information content (AvgIpc) is 3.07. The molecule has 1 aliphatic rings. The van der Waals surface area contributed by atoms with E-state index in [1.54, 1.807) is 17.0 Å². The summed E-state index contributed by atoms with van der Waals surface area (Å²) in [6, 6.07) is 5.97. The number of hydrogen-bond acceptors (Lipinski definition) is 3. The summed E-state index contributed by atoms with van der Waals surface area (Å²) < 4.78 is 15.0. The molecule has 1 saturated heterocycles. The second-order valence-electron chi connectivity index (χ2n) is 6.78. The van der Waals surface area contributed by atoms with Crippen LogP contribution < -0.4 is 0 Å². The number of aromatic nitrogens is 2. The van der Waals surface area contributed by atoms with Gasteiger partial charge in [-0.3, -0.25) is 9.48 Å². The molecule has 0 saturated carbocycles. The lowest BCUT2D eigenvalue weighted by Gasteiger charge is -2.25. The maximum absolute atomic E-state index is 13.2. The topological polar surface area (TPSA) is 58.4 Å². The number of aliphatic hydroxyl groups is 1. The molecule has 1 aromatic carbocycles. The smallest absolute Gasteiger partial charge is 0.223 e. The summed E-state index contributed by atoms with van der Waals surface area (Å²) in [6.07, 6.45) is 0.952. The molecule has 134 valence electrons. The Balaban J connectivity index is 1.72. The Hall–Kier alpha value is -2.21. The van der Waals surface area contributed by atoms with Crippen LogP contribution in [0.25, 0.3) is 0 Å². The van der Waals surface area contributed by atoms with Crippen LogP contribution in [-0.2, 0) is 18.3 Å².